The molecule has 0 aromatic rings. The van der Waals surface area contributed by atoms with Crippen molar-refractivity contribution in [1.82, 2.24) is 10.6 Å². The molecule has 6 heteroatoms. The van der Waals surface area contributed by atoms with Gasteiger partial charge in [0.15, 0.2) is 15.8 Å². The molecule has 0 saturated carbocycles. The molecule has 1 aliphatic rings. The number of rotatable bonds is 5. The molecule has 0 amide bonds. The van der Waals surface area contributed by atoms with Crippen LogP contribution in [-0.2, 0) is 9.84 Å². The maximum absolute atomic E-state index is 11.3. The quantitative estimate of drug-likeness (QED) is 0.430. The van der Waals surface area contributed by atoms with Gasteiger partial charge in [0.25, 0.3) is 0 Å². The van der Waals surface area contributed by atoms with Crippen LogP contribution in [0.15, 0.2) is 4.99 Å². The van der Waals surface area contributed by atoms with Crippen LogP contribution in [0.4, 0.5) is 0 Å². The smallest absolute Gasteiger partial charge is 0.191 e. The molecule has 1 fully saturated rings. The fourth-order valence-electron chi connectivity index (χ4n) is 1.88. The van der Waals surface area contributed by atoms with Crippen molar-refractivity contribution in [2.45, 2.75) is 38.6 Å². The molecule has 0 aromatic heterocycles. The monoisotopic (exact) mass is 261 g/mol. The van der Waals surface area contributed by atoms with Crippen molar-refractivity contribution in [1.29, 1.82) is 0 Å². The average molecular weight is 261 g/mol. The predicted molar refractivity (Wildman–Crippen MR) is 71.1 cm³/mol. The number of hydrogen-bond donors (Lipinski definition) is 2. The van der Waals surface area contributed by atoms with E-state index < -0.39 is 9.84 Å². The van der Waals surface area contributed by atoms with Gasteiger partial charge < -0.3 is 10.6 Å². The molecule has 1 saturated heterocycles. The topological polar surface area (TPSA) is 70.6 Å². The van der Waals surface area contributed by atoms with E-state index in [4.69, 9.17) is 0 Å². The number of nitrogens with one attached hydrogen (secondary N) is 2. The molecule has 0 radical (unpaired) electrons. The summed E-state index contributed by atoms with van der Waals surface area (Å²) in [6.07, 6.45) is 4.18. The summed E-state index contributed by atoms with van der Waals surface area (Å²) in [6.45, 7) is 3.05. The van der Waals surface area contributed by atoms with Gasteiger partial charge in [-0.1, -0.05) is 19.8 Å². The van der Waals surface area contributed by atoms with E-state index >= 15 is 0 Å². The van der Waals surface area contributed by atoms with Crippen LogP contribution in [-0.4, -0.2) is 45.5 Å². The first-order valence-electron chi connectivity index (χ1n) is 6.25. The highest BCUT2D eigenvalue weighted by atomic mass is 32.2. The first-order valence-corrected chi connectivity index (χ1v) is 8.07. The van der Waals surface area contributed by atoms with Gasteiger partial charge in [0.1, 0.15) is 0 Å². The Bertz CT molecular complexity index is 352. The minimum absolute atomic E-state index is 0.0115. The van der Waals surface area contributed by atoms with Gasteiger partial charge in [-0.15, -0.1) is 0 Å². The molecule has 1 atom stereocenters. The Labute approximate surface area is 104 Å². The number of unbranched alkanes of at least 4 members (excludes halogenated alkanes) is 2. The lowest BCUT2D eigenvalue weighted by molar-refractivity contribution is 0.599. The zero-order valence-electron chi connectivity index (χ0n) is 10.7. The van der Waals surface area contributed by atoms with Crippen LogP contribution in [0.1, 0.15) is 32.6 Å². The van der Waals surface area contributed by atoms with Crippen LogP contribution in [0.2, 0.25) is 0 Å². The van der Waals surface area contributed by atoms with Crippen LogP contribution in [0.3, 0.4) is 0 Å². The van der Waals surface area contributed by atoms with E-state index in [1.165, 1.54) is 12.8 Å². The number of sulfone groups is 1. The third kappa shape index (κ3) is 5.39. The fraction of sp³-hybridized carbons (Fsp3) is 0.909. The van der Waals surface area contributed by atoms with Gasteiger partial charge in [0, 0.05) is 19.6 Å². The van der Waals surface area contributed by atoms with Crippen molar-refractivity contribution in [2.24, 2.45) is 4.99 Å². The number of hydrogen-bond acceptors (Lipinski definition) is 3. The Morgan fingerprint density at radius 3 is 2.71 bits per heavy atom. The van der Waals surface area contributed by atoms with Gasteiger partial charge in [-0.2, -0.15) is 0 Å². The summed E-state index contributed by atoms with van der Waals surface area (Å²) in [5, 5.41) is 6.36. The van der Waals surface area contributed by atoms with Gasteiger partial charge in [-0.05, 0) is 12.8 Å². The maximum atomic E-state index is 11.3. The van der Waals surface area contributed by atoms with Crippen molar-refractivity contribution >= 4 is 15.8 Å². The lowest BCUT2D eigenvalue weighted by Gasteiger charge is -2.15. The molecule has 0 bridgehead atoms. The standard InChI is InChI=1S/C11H23N3O2S/c1-3-4-5-7-13-11(12-2)14-10-6-8-17(15,16)9-10/h10H,3-9H2,1-2H3,(H2,12,13,14). The second kappa shape index (κ2) is 6.83. The van der Waals surface area contributed by atoms with Crippen molar-refractivity contribution in [3.8, 4) is 0 Å². The number of aliphatic imine (C=N–C) groups is 1. The van der Waals surface area contributed by atoms with E-state index in [0.29, 0.717) is 12.4 Å². The van der Waals surface area contributed by atoms with Gasteiger partial charge in [0.2, 0.25) is 0 Å². The van der Waals surface area contributed by atoms with Crippen LogP contribution >= 0.6 is 0 Å². The Kier molecular flexibility index (Phi) is 5.74. The fourth-order valence-corrected chi connectivity index (χ4v) is 3.55. The summed E-state index contributed by atoms with van der Waals surface area (Å²) in [5.74, 6) is 1.23. The number of nitrogens with zero attached hydrogens (tertiary/aromatic N) is 1. The van der Waals surface area contributed by atoms with Crippen molar-refractivity contribution in [3.05, 3.63) is 0 Å². The molecule has 1 heterocycles. The van der Waals surface area contributed by atoms with E-state index in [0.717, 1.165) is 13.0 Å². The van der Waals surface area contributed by atoms with E-state index in [1.807, 2.05) is 0 Å². The van der Waals surface area contributed by atoms with Crippen molar-refractivity contribution in [2.75, 3.05) is 25.1 Å². The third-order valence-electron chi connectivity index (χ3n) is 2.87. The van der Waals surface area contributed by atoms with Crippen LogP contribution in [0, 0.1) is 0 Å². The molecule has 0 aliphatic carbocycles. The zero-order chi connectivity index (χ0) is 12.7. The Morgan fingerprint density at radius 2 is 2.18 bits per heavy atom. The van der Waals surface area contributed by atoms with Crippen LogP contribution in [0.5, 0.6) is 0 Å². The third-order valence-corrected chi connectivity index (χ3v) is 4.64. The molecule has 1 unspecified atom stereocenters. The first-order chi connectivity index (χ1) is 8.07. The highest BCUT2D eigenvalue weighted by Gasteiger charge is 2.28. The number of guanidine groups is 1. The van der Waals surface area contributed by atoms with Crippen molar-refractivity contribution in [3.63, 3.8) is 0 Å². The summed E-state index contributed by atoms with van der Waals surface area (Å²) >= 11 is 0. The lowest BCUT2D eigenvalue weighted by atomic mass is 10.2. The Hall–Kier alpha value is -0.780. The average Bonchev–Trinajstić information content (AvgIpc) is 2.62. The SMILES string of the molecule is CCCCCNC(=NC)NC1CCS(=O)(=O)C1. The highest BCUT2D eigenvalue weighted by molar-refractivity contribution is 7.91. The lowest BCUT2D eigenvalue weighted by Crippen LogP contribution is -2.44. The van der Waals surface area contributed by atoms with E-state index in [2.05, 4.69) is 22.5 Å². The summed E-state index contributed by atoms with van der Waals surface area (Å²) < 4.78 is 22.6. The van der Waals surface area contributed by atoms with Gasteiger partial charge in [-0.3, -0.25) is 4.99 Å². The second-order valence-corrected chi connectivity index (χ2v) is 6.68. The summed E-state index contributed by atoms with van der Waals surface area (Å²) in [5.41, 5.74) is 0. The molecule has 17 heavy (non-hydrogen) atoms. The van der Waals surface area contributed by atoms with Crippen LogP contribution < -0.4 is 10.6 Å². The summed E-state index contributed by atoms with van der Waals surface area (Å²) in [7, 11) is -1.12. The van der Waals surface area contributed by atoms with E-state index in [-0.39, 0.29) is 17.5 Å². The van der Waals surface area contributed by atoms with Crippen LogP contribution in [0.25, 0.3) is 0 Å². The van der Waals surface area contributed by atoms with E-state index in [1.54, 1.807) is 7.05 Å². The predicted octanol–water partition coefficient (Wildman–Crippen LogP) is 0.529. The summed E-state index contributed by atoms with van der Waals surface area (Å²) in [6, 6.07) is 0.0115. The minimum atomic E-state index is -2.82. The Balaban J connectivity index is 2.28. The Morgan fingerprint density at radius 1 is 1.41 bits per heavy atom. The molecular formula is C11H23N3O2S. The van der Waals surface area contributed by atoms with E-state index in [9.17, 15) is 8.42 Å². The normalized spacial score (nSPS) is 23.6. The highest BCUT2D eigenvalue weighted by Crippen LogP contribution is 2.10. The molecule has 0 spiro atoms. The molecule has 0 aromatic carbocycles. The molecule has 100 valence electrons. The summed E-state index contributed by atoms with van der Waals surface area (Å²) in [4.78, 5) is 4.10. The zero-order valence-corrected chi connectivity index (χ0v) is 11.5. The molecule has 2 N–H and O–H groups in total. The first kappa shape index (κ1) is 14.3. The second-order valence-electron chi connectivity index (χ2n) is 4.45. The minimum Gasteiger partial charge on any atom is -0.356 e. The van der Waals surface area contributed by atoms with Gasteiger partial charge >= 0.3 is 0 Å². The molecule has 1 aliphatic heterocycles. The van der Waals surface area contributed by atoms with Gasteiger partial charge in [0.05, 0.1) is 11.5 Å². The largest absolute Gasteiger partial charge is 0.356 e. The molecule has 5 nitrogen and oxygen atoms in total. The van der Waals surface area contributed by atoms with Gasteiger partial charge in [-0.25, -0.2) is 8.42 Å². The maximum Gasteiger partial charge on any atom is 0.191 e. The molecule has 1 rings (SSSR count). The van der Waals surface area contributed by atoms with Crippen molar-refractivity contribution < 1.29 is 8.42 Å². The molecular weight excluding hydrogens is 238 g/mol.